The van der Waals surface area contributed by atoms with Gasteiger partial charge in [0.25, 0.3) is 0 Å². The molecule has 1 heterocycles. The van der Waals surface area contributed by atoms with Crippen LogP contribution in [0.3, 0.4) is 0 Å². The van der Waals surface area contributed by atoms with Gasteiger partial charge >= 0.3 is 0 Å². The van der Waals surface area contributed by atoms with E-state index in [1.54, 1.807) is 18.3 Å². The van der Waals surface area contributed by atoms with Gasteiger partial charge in [0.15, 0.2) is 0 Å². The average Bonchev–Trinajstić information content (AvgIpc) is 2.50. The van der Waals surface area contributed by atoms with Crippen LogP contribution in [-0.2, 0) is 0 Å². The largest absolute Gasteiger partial charge is 0.271 e. The molecule has 3 N–H and O–H groups in total. The summed E-state index contributed by atoms with van der Waals surface area (Å²) in [4.78, 5) is 8.91. The Kier molecular flexibility index (Phi) is 3.37. The Labute approximate surface area is 115 Å². The van der Waals surface area contributed by atoms with E-state index < -0.39 is 0 Å². The molecule has 3 rings (SSSR count). The van der Waals surface area contributed by atoms with E-state index >= 15 is 0 Å². The molecule has 3 aromatic rings. The minimum Gasteiger partial charge on any atom is -0.271 e. The number of nitrogens with one attached hydrogen (secondary N) is 1. The van der Waals surface area contributed by atoms with Crippen LogP contribution in [0.15, 0.2) is 54.7 Å². The summed E-state index contributed by atoms with van der Waals surface area (Å²) in [7, 11) is 0. The van der Waals surface area contributed by atoms with E-state index in [2.05, 4.69) is 15.4 Å². The third-order valence-corrected chi connectivity index (χ3v) is 3.13. The quantitative estimate of drug-likeness (QED) is 0.565. The molecule has 0 aliphatic carbocycles. The molecule has 20 heavy (non-hydrogen) atoms. The molecule has 0 saturated carbocycles. The van der Waals surface area contributed by atoms with Gasteiger partial charge in [0.2, 0.25) is 0 Å². The Morgan fingerprint density at radius 3 is 2.40 bits per heavy atom. The average molecular weight is 268 g/mol. The van der Waals surface area contributed by atoms with Crippen molar-refractivity contribution < 1.29 is 4.39 Å². The Morgan fingerprint density at radius 2 is 1.70 bits per heavy atom. The monoisotopic (exact) mass is 268 g/mol. The van der Waals surface area contributed by atoms with E-state index in [-0.39, 0.29) is 11.9 Å². The summed E-state index contributed by atoms with van der Waals surface area (Å²) in [6.07, 6.45) is 1.68. The molecule has 1 atom stereocenters. The molecule has 0 aliphatic heterocycles. The summed E-state index contributed by atoms with van der Waals surface area (Å²) in [5.74, 6) is 5.32. The van der Waals surface area contributed by atoms with Crippen molar-refractivity contribution in [2.45, 2.75) is 6.04 Å². The van der Waals surface area contributed by atoms with E-state index in [1.807, 2.05) is 24.3 Å². The number of nitrogens with two attached hydrogens (primary N) is 1. The highest BCUT2D eigenvalue weighted by molar-refractivity contribution is 5.73. The number of hydrogen-bond acceptors (Lipinski definition) is 4. The summed E-state index contributed by atoms with van der Waals surface area (Å²) in [6, 6.07) is 13.4. The minimum atomic E-state index is -0.326. The fourth-order valence-corrected chi connectivity index (χ4v) is 2.12. The lowest BCUT2D eigenvalue weighted by Gasteiger charge is -2.15. The molecule has 0 aliphatic rings. The normalized spacial score (nSPS) is 12.5. The molecule has 5 heteroatoms. The van der Waals surface area contributed by atoms with Gasteiger partial charge in [0.05, 0.1) is 29.0 Å². The van der Waals surface area contributed by atoms with Crippen molar-refractivity contribution >= 4 is 11.0 Å². The molecule has 1 aromatic heterocycles. The van der Waals surface area contributed by atoms with Crippen LogP contribution in [0.4, 0.5) is 4.39 Å². The fourth-order valence-electron chi connectivity index (χ4n) is 2.12. The van der Waals surface area contributed by atoms with Crippen LogP contribution < -0.4 is 11.3 Å². The summed E-state index contributed by atoms with van der Waals surface area (Å²) < 4.78 is 13.0. The molecule has 0 amide bonds. The SMILES string of the molecule is NNC(c1ccc(F)cc1)c1cnc2ccccc2n1. The zero-order valence-corrected chi connectivity index (χ0v) is 10.6. The topological polar surface area (TPSA) is 63.8 Å². The van der Waals surface area contributed by atoms with Gasteiger partial charge < -0.3 is 0 Å². The number of hydrogen-bond donors (Lipinski definition) is 2. The van der Waals surface area contributed by atoms with Gasteiger partial charge in [-0.15, -0.1) is 0 Å². The van der Waals surface area contributed by atoms with Crippen molar-refractivity contribution in [1.29, 1.82) is 0 Å². The van der Waals surface area contributed by atoms with Crippen LogP contribution in [0.1, 0.15) is 17.3 Å². The highest BCUT2D eigenvalue weighted by Crippen LogP contribution is 2.21. The van der Waals surface area contributed by atoms with Gasteiger partial charge in [-0.2, -0.15) is 0 Å². The zero-order valence-electron chi connectivity index (χ0n) is 10.6. The number of rotatable bonds is 3. The molecule has 100 valence electrons. The Morgan fingerprint density at radius 1 is 1.00 bits per heavy atom. The lowest BCUT2D eigenvalue weighted by Crippen LogP contribution is -2.29. The molecule has 4 nitrogen and oxygen atoms in total. The van der Waals surface area contributed by atoms with Crippen molar-refractivity contribution in [3.8, 4) is 0 Å². The lowest BCUT2D eigenvalue weighted by molar-refractivity contribution is 0.608. The smallest absolute Gasteiger partial charge is 0.123 e. The first-order valence-corrected chi connectivity index (χ1v) is 6.21. The maximum absolute atomic E-state index is 13.0. The highest BCUT2D eigenvalue weighted by atomic mass is 19.1. The molecular formula is C15H13FN4. The predicted octanol–water partition coefficient (Wildman–Crippen LogP) is 2.32. The van der Waals surface area contributed by atoms with Gasteiger partial charge in [-0.05, 0) is 29.8 Å². The first-order valence-electron chi connectivity index (χ1n) is 6.21. The van der Waals surface area contributed by atoms with E-state index in [9.17, 15) is 4.39 Å². The number of fused-ring (bicyclic) bond motifs is 1. The van der Waals surface area contributed by atoms with Crippen molar-refractivity contribution in [1.82, 2.24) is 15.4 Å². The summed E-state index contributed by atoms with van der Waals surface area (Å²) in [5, 5.41) is 0. The standard InChI is InChI=1S/C15H13FN4/c16-11-7-5-10(6-8-11)15(20-17)14-9-18-12-3-1-2-4-13(12)19-14/h1-9,15,20H,17H2. The van der Waals surface area contributed by atoms with Crippen molar-refractivity contribution in [2.75, 3.05) is 0 Å². The van der Waals surface area contributed by atoms with Crippen LogP contribution >= 0.6 is 0 Å². The molecule has 0 saturated heterocycles. The Balaban J connectivity index is 2.04. The maximum atomic E-state index is 13.0. The molecule has 0 spiro atoms. The predicted molar refractivity (Wildman–Crippen MR) is 75.1 cm³/mol. The van der Waals surface area contributed by atoms with Crippen molar-refractivity contribution in [3.05, 3.63) is 71.8 Å². The van der Waals surface area contributed by atoms with Crippen LogP contribution in [-0.4, -0.2) is 9.97 Å². The first-order chi connectivity index (χ1) is 9.78. The third kappa shape index (κ3) is 2.36. The van der Waals surface area contributed by atoms with Crippen molar-refractivity contribution in [3.63, 3.8) is 0 Å². The molecule has 1 unspecified atom stereocenters. The highest BCUT2D eigenvalue weighted by Gasteiger charge is 2.14. The van der Waals surface area contributed by atoms with Gasteiger partial charge in [0, 0.05) is 0 Å². The second-order valence-electron chi connectivity index (χ2n) is 4.43. The molecule has 0 bridgehead atoms. The van der Waals surface area contributed by atoms with E-state index in [0.29, 0.717) is 5.69 Å². The second-order valence-corrected chi connectivity index (χ2v) is 4.43. The van der Waals surface area contributed by atoms with Gasteiger partial charge in [-0.1, -0.05) is 24.3 Å². The van der Waals surface area contributed by atoms with E-state index in [4.69, 9.17) is 5.84 Å². The van der Waals surface area contributed by atoms with Crippen molar-refractivity contribution in [2.24, 2.45) is 5.84 Å². The first kappa shape index (κ1) is 12.7. The zero-order chi connectivity index (χ0) is 13.9. The molecule has 0 radical (unpaired) electrons. The Hall–Kier alpha value is -2.37. The summed E-state index contributed by atoms with van der Waals surface area (Å²) >= 11 is 0. The number of aromatic nitrogens is 2. The van der Waals surface area contributed by atoms with Gasteiger partial charge in [-0.3, -0.25) is 10.8 Å². The van der Waals surface area contributed by atoms with E-state index in [1.165, 1.54) is 12.1 Å². The molecule has 2 aromatic carbocycles. The molecular weight excluding hydrogens is 255 g/mol. The number of para-hydroxylation sites is 2. The van der Waals surface area contributed by atoms with Crippen LogP contribution in [0.25, 0.3) is 11.0 Å². The van der Waals surface area contributed by atoms with Gasteiger partial charge in [0.1, 0.15) is 5.82 Å². The van der Waals surface area contributed by atoms with Gasteiger partial charge in [-0.25, -0.2) is 14.8 Å². The van der Waals surface area contributed by atoms with Crippen LogP contribution in [0.2, 0.25) is 0 Å². The number of nitrogens with zero attached hydrogens (tertiary/aromatic N) is 2. The van der Waals surface area contributed by atoms with Crippen LogP contribution in [0, 0.1) is 5.82 Å². The minimum absolute atomic E-state index is 0.283. The van der Waals surface area contributed by atoms with E-state index in [0.717, 1.165) is 16.6 Å². The van der Waals surface area contributed by atoms with Crippen LogP contribution in [0.5, 0.6) is 0 Å². The Bertz CT molecular complexity index is 727. The second kappa shape index (κ2) is 5.32. The maximum Gasteiger partial charge on any atom is 0.123 e. The molecule has 0 fully saturated rings. The fraction of sp³-hybridized carbons (Fsp3) is 0.0667. The number of halogens is 1. The lowest BCUT2D eigenvalue weighted by atomic mass is 10.0. The summed E-state index contributed by atoms with van der Waals surface area (Å²) in [6.45, 7) is 0. The number of benzene rings is 2. The third-order valence-electron chi connectivity index (χ3n) is 3.13. The number of hydrazine groups is 1. The summed E-state index contributed by atoms with van der Waals surface area (Å²) in [5.41, 5.74) is 5.84.